The molecule has 0 amide bonds. The van der Waals surface area contributed by atoms with Crippen molar-refractivity contribution in [2.24, 2.45) is 0 Å². The smallest absolute Gasteiger partial charge is 0.192 e. The molecule has 0 N–H and O–H groups in total. The SMILES string of the molecule is CC1(c2ccc(-c3cccc(Br)c3)cc2)OCCO1. The van der Waals surface area contributed by atoms with Gasteiger partial charge in [0.1, 0.15) is 0 Å². The first kappa shape index (κ1) is 12.9. The maximum Gasteiger partial charge on any atom is 0.192 e. The van der Waals surface area contributed by atoms with Crippen LogP contribution in [0.2, 0.25) is 0 Å². The molecule has 0 aromatic heterocycles. The number of hydrogen-bond acceptors (Lipinski definition) is 2. The van der Waals surface area contributed by atoms with Crippen LogP contribution in [0.15, 0.2) is 53.0 Å². The van der Waals surface area contributed by atoms with Crippen molar-refractivity contribution >= 4 is 15.9 Å². The average Bonchev–Trinajstić information content (AvgIpc) is 2.87. The predicted molar refractivity (Wildman–Crippen MR) is 78.8 cm³/mol. The van der Waals surface area contributed by atoms with Gasteiger partial charge < -0.3 is 9.47 Å². The van der Waals surface area contributed by atoms with Gasteiger partial charge in [-0.3, -0.25) is 0 Å². The topological polar surface area (TPSA) is 18.5 Å². The Morgan fingerprint density at radius 3 is 2.26 bits per heavy atom. The van der Waals surface area contributed by atoms with E-state index in [1.807, 2.05) is 19.1 Å². The molecule has 0 radical (unpaired) electrons. The van der Waals surface area contributed by atoms with E-state index in [9.17, 15) is 0 Å². The van der Waals surface area contributed by atoms with Crippen molar-refractivity contribution in [2.75, 3.05) is 13.2 Å². The van der Waals surface area contributed by atoms with Gasteiger partial charge >= 0.3 is 0 Å². The lowest BCUT2D eigenvalue weighted by atomic mass is 10.0. The van der Waals surface area contributed by atoms with Crippen molar-refractivity contribution in [3.05, 3.63) is 58.6 Å². The second kappa shape index (κ2) is 5.08. The minimum atomic E-state index is -0.587. The van der Waals surface area contributed by atoms with Crippen molar-refractivity contribution in [3.63, 3.8) is 0 Å². The highest BCUT2D eigenvalue weighted by Gasteiger charge is 2.32. The molecular formula is C16H15BrO2. The predicted octanol–water partition coefficient (Wildman–Crippen LogP) is 4.34. The molecule has 1 heterocycles. The Labute approximate surface area is 121 Å². The van der Waals surface area contributed by atoms with Crippen LogP contribution >= 0.6 is 15.9 Å². The minimum Gasteiger partial charge on any atom is -0.344 e. The van der Waals surface area contributed by atoms with Crippen LogP contribution in [0.5, 0.6) is 0 Å². The summed E-state index contributed by atoms with van der Waals surface area (Å²) in [4.78, 5) is 0. The quantitative estimate of drug-likeness (QED) is 0.820. The first-order valence-corrected chi connectivity index (χ1v) is 7.11. The van der Waals surface area contributed by atoms with Crippen molar-refractivity contribution in [1.29, 1.82) is 0 Å². The largest absolute Gasteiger partial charge is 0.344 e. The molecule has 0 spiro atoms. The maximum absolute atomic E-state index is 5.66. The fourth-order valence-electron chi connectivity index (χ4n) is 2.31. The fourth-order valence-corrected chi connectivity index (χ4v) is 2.71. The third-order valence-corrected chi connectivity index (χ3v) is 3.90. The van der Waals surface area contributed by atoms with E-state index < -0.39 is 5.79 Å². The lowest BCUT2D eigenvalue weighted by Gasteiger charge is -2.22. The summed E-state index contributed by atoms with van der Waals surface area (Å²) in [5.74, 6) is -0.587. The van der Waals surface area contributed by atoms with Gasteiger partial charge in [0.15, 0.2) is 5.79 Å². The van der Waals surface area contributed by atoms with Crippen molar-refractivity contribution in [3.8, 4) is 11.1 Å². The fraction of sp³-hybridized carbons (Fsp3) is 0.250. The summed E-state index contributed by atoms with van der Waals surface area (Å²) in [7, 11) is 0. The zero-order chi connectivity index (χ0) is 13.3. The normalized spacial score (nSPS) is 17.6. The molecule has 2 aromatic carbocycles. The Hall–Kier alpha value is -1.16. The van der Waals surface area contributed by atoms with Crippen LogP contribution in [0.3, 0.4) is 0 Å². The molecule has 0 unspecified atom stereocenters. The van der Waals surface area contributed by atoms with Gasteiger partial charge in [-0.25, -0.2) is 0 Å². The lowest BCUT2D eigenvalue weighted by Crippen LogP contribution is -2.22. The second-order valence-electron chi connectivity index (χ2n) is 4.73. The molecule has 1 saturated heterocycles. The molecule has 2 nitrogen and oxygen atoms in total. The van der Waals surface area contributed by atoms with E-state index in [2.05, 4.69) is 52.3 Å². The Kier molecular flexibility index (Phi) is 3.44. The average molecular weight is 319 g/mol. The van der Waals surface area contributed by atoms with Gasteiger partial charge in [-0.05, 0) is 30.2 Å². The molecule has 1 aliphatic rings. The summed E-state index contributed by atoms with van der Waals surface area (Å²) in [5.41, 5.74) is 3.44. The van der Waals surface area contributed by atoms with E-state index in [1.165, 1.54) is 11.1 Å². The molecule has 3 heteroatoms. The molecule has 3 rings (SSSR count). The van der Waals surface area contributed by atoms with Crippen LogP contribution in [-0.4, -0.2) is 13.2 Å². The van der Waals surface area contributed by atoms with E-state index in [-0.39, 0.29) is 0 Å². The number of rotatable bonds is 2. The highest BCUT2D eigenvalue weighted by molar-refractivity contribution is 9.10. The van der Waals surface area contributed by atoms with Crippen LogP contribution < -0.4 is 0 Å². The van der Waals surface area contributed by atoms with Gasteiger partial charge in [0.2, 0.25) is 0 Å². The molecule has 0 saturated carbocycles. The number of ether oxygens (including phenoxy) is 2. The van der Waals surface area contributed by atoms with Crippen LogP contribution in [0.25, 0.3) is 11.1 Å². The summed E-state index contributed by atoms with van der Waals surface area (Å²) in [6.07, 6.45) is 0. The van der Waals surface area contributed by atoms with Gasteiger partial charge in [0.05, 0.1) is 13.2 Å². The van der Waals surface area contributed by atoms with E-state index in [4.69, 9.17) is 9.47 Å². The van der Waals surface area contributed by atoms with Gasteiger partial charge in [-0.1, -0.05) is 52.3 Å². The lowest BCUT2D eigenvalue weighted by molar-refractivity contribution is -0.149. The van der Waals surface area contributed by atoms with Crippen molar-refractivity contribution in [1.82, 2.24) is 0 Å². The number of halogens is 1. The Balaban J connectivity index is 1.91. The number of hydrogen-bond donors (Lipinski definition) is 0. The summed E-state index contributed by atoms with van der Waals surface area (Å²) in [6.45, 7) is 3.28. The highest BCUT2D eigenvalue weighted by Crippen LogP contribution is 2.32. The van der Waals surface area contributed by atoms with Crippen molar-refractivity contribution < 1.29 is 9.47 Å². The first-order chi connectivity index (χ1) is 9.17. The van der Waals surface area contributed by atoms with E-state index in [1.54, 1.807) is 0 Å². The molecule has 0 aliphatic carbocycles. The first-order valence-electron chi connectivity index (χ1n) is 6.32. The standard InChI is InChI=1S/C16H15BrO2/c1-16(18-9-10-19-16)14-7-5-12(6-8-14)13-3-2-4-15(17)11-13/h2-8,11H,9-10H2,1H3. The summed E-state index contributed by atoms with van der Waals surface area (Å²) < 4.78 is 12.4. The molecule has 0 bridgehead atoms. The van der Waals surface area contributed by atoms with Crippen LogP contribution in [0.4, 0.5) is 0 Å². The third kappa shape index (κ3) is 2.59. The van der Waals surface area contributed by atoms with Crippen LogP contribution in [-0.2, 0) is 15.3 Å². The minimum absolute atomic E-state index is 0.587. The second-order valence-corrected chi connectivity index (χ2v) is 5.65. The third-order valence-electron chi connectivity index (χ3n) is 3.41. The zero-order valence-electron chi connectivity index (χ0n) is 10.7. The Morgan fingerprint density at radius 1 is 0.947 bits per heavy atom. The molecule has 98 valence electrons. The van der Waals surface area contributed by atoms with E-state index >= 15 is 0 Å². The Morgan fingerprint density at radius 2 is 1.63 bits per heavy atom. The van der Waals surface area contributed by atoms with E-state index in [0.29, 0.717) is 13.2 Å². The van der Waals surface area contributed by atoms with Crippen molar-refractivity contribution in [2.45, 2.75) is 12.7 Å². The molecular weight excluding hydrogens is 304 g/mol. The summed E-state index contributed by atoms with van der Waals surface area (Å²) in [6, 6.07) is 16.6. The maximum atomic E-state index is 5.66. The molecule has 1 fully saturated rings. The zero-order valence-corrected chi connectivity index (χ0v) is 12.3. The van der Waals surface area contributed by atoms with Gasteiger partial charge in [-0.2, -0.15) is 0 Å². The van der Waals surface area contributed by atoms with Gasteiger partial charge in [0, 0.05) is 10.0 Å². The molecule has 0 atom stereocenters. The van der Waals surface area contributed by atoms with Crippen LogP contribution in [0.1, 0.15) is 12.5 Å². The monoisotopic (exact) mass is 318 g/mol. The highest BCUT2D eigenvalue weighted by atomic mass is 79.9. The molecule has 19 heavy (non-hydrogen) atoms. The number of benzene rings is 2. The van der Waals surface area contributed by atoms with Gasteiger partial charge in [-0.15, -0.1) is 0 Å². The Bertz CT molecular complexity index is 572. The van der Waals surface area contributed by atoms with E-state index in [0.717, 1.165) is 10.0 Å². The summed E-state index contributed by atoms with van der Waals surface area (Å²) in [5, 5.41) is 0. The molecule has 1 aliphatic heterocycles. The van der Waals surface area contributed by atoms with Crippen LogP contribution in [0, 0.1) is 0 Å². The van der Waals surface area contributed by atoms with Gasteiger partial charge in [0.25, 0.3) is 0 Å². The summed E-state index contributed by atoms with van der Waals surface area (Å²) >= 11 is 3.50. The molecule has 2 aromatic rings.